The van der Waals surface area contributed by atoms with Crippen LogP contribution in [0.5, 0.6) is 0 Å². The Balaban J connectivity index is 1.05. The van der Waals surface area contributed by atoms with E-state index < -0.39 is 0 Å². The van der Waals surface area contributed by atoms with E-state index in [1.54, 1.807) is 0 Å². The molecule has 11 aromatic rings. The molecule has 0 spiro atoms. The summed E-state index contributed by atoms with van der Waals surface area (Å²) in [6.07, 6.45) is 4.33. The maximum absolute atomic E-state index is 7.04. The zero-order valence-corrected chi connectivity index (χ0v) is 40.2. The van der Waals surface area contributed by atoms with Crippen molar-refractivity contribution in [2.24, 2.45) is 0 Å². The molecule has 0 radical (unpaired) electrons. The van der Waals surface area contributed by atoms with Gasteiger partial charge in [0.1, 0.15) is 11.2 Å². The maximum Gasteiger partial charge on any atom is 0.145 e. The normalized spacial score (nSPS) is 15.7. The van der Waals surface area contributed by atoms with Gasteiger partial charge in [-0.25, -0.2) is 0 Å². The summed E-state index contributed by atoms with van der Waals surface area (Å²) >= 11 is 0. The number of fused-ring (bicyclic) bond motifs is 11. The molecule has 2 aliphatic carbocycles. The molecule has 70 heavy (non-hydrogen) atoms. The van der Waals surface area contributed by atoms with Crippen LogP contribution < -0.4 is 4.90 Å². The first kappa shape index (κ1) is 41.8. The minimum atomic E-state index is -0.179. The topological polar surface area (TPSA) is 21.3 Å². The molecule has 9 aromatic carbocycles. The van der Waals surface area contributed by atoms with E-state index in [4.69, 9.17) is 4.42 Å². The molecule has 0 saturated carbocycles. The van der Waals surface area contributed by atoms with E-state index in [-0.39, 0.29) is 10.8 Å². The molecule has 2 aromatic heterocycles. The molecule has 0 bridgehead atoms. The number of allylic oxidation sites excluding steroid dienone is 4. The van der Waals surface area contributed by atoms with Gasteiger partial charge in [0.15, 0.2) is 0 Å². The van der Waals surface area contributed by atoms with Gasteiger partial charge < -0.3 is 13.9 Å². The number of rotatable bonds is 7. The van der Waals surface area contributed by atoms with Gasteiger partial charge in [-0.05, 0) is 129 Å². The lowest BCUT2D eigenvalue weighted by molar-refractivity contribution is 0.659. The number of anilines is 2. The van der Waals surface area contributed by atoms with Crippen LogP contribution in [-0.2, 0) is 10.8 Å². The zero-order valence-electron chi connectivity index (χ0n) is 40.2. The molecule has 336 valence electrons. The van der Waals surface area contributed by atoms with E-state index in [0.717, 1.165) is 61.3 Å². The molecule has 0 aliphatic heterocycles. The van der Waals surface area contributed by atoms with Crippen LogP contribution in [0.1, 0.15) is 56.9 Å². The van der Waals surface area contributed by atoms with Gasteiger partial charge in [0.05, 0.1) is 22.1 Å². The molecular weight excluding hydrogens is 849 g/mol. The van der Waals surface area contributed by atoms with Crippen molar-refractivity contribution in [1.29, 1.82) is 0 Å². The molecule has 0 fully saturated rings. The van der Waals surface area contributed by atoms with Crippen LogP contribution in [0, 0.1) is 0 Å². The fourth-order valence-corrected chi connectivity index (χ4v) is 12.2. The van der Waals surface area contributed by atoms with Crippen molar-refractivity contribution < 1.29 is 4.42 Å². The zero-order chi connectivity index (χ0) is 47.5. The van der Waals surface area contributed by atoms with Crippen molar-refractivity contribution in [1.82, 2.24) is 4.57 Å². The molecule has 2 heterocycles. The lowest BCUT2D eigenvalue weighted by atomic mass is 9.82. The molecule has 13 rings (SSSR count). The molecule has 0 saturated heterocycles. The highest BCUT2D eigenvalue weighted by Gasteiger charge is 2.40. The van der Waals surface area contributed by atoms with Crippen molar-refractivity contribution in [2.75, 3.05) is 4.90 Å². The summed E-state index contributed by atoms with van der Waals surface area (Å²) in [5.74, 6) is 0. The highest BCUT2D eigenvalue weighted by Crippen LogP contribution is 2.54. The third-order valence-corrected chi connectivity index (χ3v) is 15.6. The van der Waals surface area contributed by atoms with Crippen LogP contribution in [0.4, 0.5) is 11.4 Å². The molecule has 0 atom stereocenters. The summed E-state index contributed by atoms with van der Waals surface area (Å²) in [5, 5.41) is 4.64. The number of hydrogen-bond acceptors (Lipinski definition) is 2. The van der Waals surface area contributed by atoms with Gasteiger partial charge in [0, 0.05) is 55.2 Å². The number of furan rings is 1. The van der Waals surface area contributed by atoms with E-state index in [0.29, 0.717) is 0 Å². The van der Waals surface area contributed by atoms with E-state index in [2.05, 4.69) is 257 Å². The highest BCUT2D eigenvalue weighted by molar-refractivity contribution is 6.28. The molecule has 3 nitrogen and oxygen atoms in total. The van der Waals surface area contributed by atoms with Crippen LogP contribution in [0.2, 0.25) is 0 Å². The Bertz CT molecular complexity index is 3990. The second-order valence-corrected chi connectivity index (χ2v) is 20.0. The SMILES string of the molecule is C=C/C(=C1\C(=C/C)C(C)(C)c2ccccc21)N(c1ccc(-c2ccccc2)cc1)c1ccc(-c2cc3c4cc5c(cc4n(-c4ccccc4)c3c3c2oc2ccccc23)C(C)(C)c2ccccc2-5)cc1. The van der Waals surface area contributed by atoms with Crippen LogP contribution in [0.15, 0.2) is 235 Å². The smallest absolute Gasteiger partial charge is 0.145 e. The van der Waals surface area contributed by atoms with Crippen molar-refractivity contribution in [3.05, 3.63) is 252 Å². The quantitative estimate of drug-likeness (QED) is 0.159. The van der Waals surface area contributed by atoms with Crippen molar-refractivity contribution in [2.45, 2.75) is 45.4 Å². The summed E-state index contributed by atoms with van der Waals surface area (Å²) in [7, 11) is 0. The number of aromatic nitrogens is 1. The van der Waals surface area contributed by atoms with Crippen LogP contribution >= 0.6 is 0 Å². The Morgan fingerprint density at radius 1 is 0.514 bits per heavy atom. The highest BCUT2D eigenvalue weighted by atomic mass is 16.3. The van der Waals surface area contributed by atoms with Gasteiger partial charge in [-0.15, -0.1) is 0 Å². The first-order chi connectivity index (χ1) is 34.2. The average Bonchev–Trinajstić information content (AvgIpc) is 4.08. The maximum atomic E-state index is 7.04. The van der Waals surface area contributed by atoms with Gasteiger partial charge in [-0.1, -0.05) is 180 Å². The fraction of sp³-hybridized carbons (Fsp3) is 0.104. The van der Waals surface area contributed by atoms with Gasteiger partial charge >= 0.3 is 0 Å². The van der Waals surface area contributed by atoms with Crippen molar-refractivity contribution in [3.63, 3.8) is 0 Å². The minimum Gasteiger partial charge on any atom is -0.455 e. The molecular formula is C67H52N2O. The summed E-state index contributed by atoms with van der Waals surface area (Å²) in [4.78, 5) is 2.38. The minimum absolute atomic E-state index is 0.145. The second-order valence-electron chi connectivity index (χ2n) is 20.0. The molecule has 0 amide bonds. The lowest BCUT2D eigenvalue weighted by Gasteiger charge is -2.30. The molecule has 3 heteroatoms. The monoisotopic (exact) mass is 900 g/mol. The predicted octanol–water partition coefficient (Wildman–Crippen LogP) is 18.3. The van der Waals surface area contributed by atoms with Gasteiger partial charge in [0.25, 0.3) is 0 Å². The molecule has 2 aliphatic rings. The van der Waals surface area contributed by atoms with E-state index in [9.17, 15) is 0 Å². The van der Waals surface area contributed by atoms with Crippen molar-refractivity contribution >= 4 is 60.7 Å². The van der Waals surface area contributed by atoms with E-state index in [1.165, 1.54) is 71.9 Å². The van der Waals surface area contributed by atoms with Gasteiger partial charge in [0.2, 0.25) is 0 Å². The van der Waals surface area contributed by atoms with E-state index >= 15 is 0 Å². The third kappa shape index (κ3) is 6.01. The second kappa shape index (κ2) is 15.6. The summed E-state index contributed by atoms with van der Waals surface area (Å²) in [5.41, 5.74) is 22.9. The Kier molecular flexibility index (Phi) is 9.29. The van der Waals surface area contributed by atoms with Crippen LogP contribution in [0.25, 0.3) is 88.4 Å². The van der Waals surface area contributed by atoms with Crippen LogP contribution in [0.3, 0.4) is 0 Å². The third-order valence-electron chi connectivity index (χ3n) is 15.6. The van der Waals surface area contributed by atoms with E-state index in [1.807, 2.05) is 6.08 Å². The number of hydrogen-bond donors (Lipinski definition) is 0. The summed E-state index contributed by atoms with van der Waals surface area (Å²) in [6.45, 7) is 16.1. The largest absolute Gasteiger partial charge is 0.455 e. The number of para-hydroxylation sites is 2. The summed E-state index contributed by atoms with van der Waals surface area (Å²) < 4.78 is 9.52. The molecule has 0 unspecified atom stereocenters. The number of nitrogens with zero attached hydrogens (tertiary/aromatic N) is 2. The first-order valence-electron chi connectivity index (χ1n) is 24.5. The summed E-state index contributed by atoms with van der Waals surface area (Å²) in [6, 6.07) is 73.1. The van der Waals surface area contributed by atoms with Crippen LogP contribution in [-0.4, -0.2) is 4.57 Å². The molecule has 0 N–H and O–H groups in total. The Morgan fingerprint density at radius 3 is 1.77 bits per heavy atom. The average molecular weight is 901 g/mol. The number of benzene rings is 9. The first-order valence-corrected chi connectivity index (χ1v) is 24.5. The Labute approximate surface area is 409 Å². The predicted molar refractivity (Wildman–Crippen MR) is 295 cm³/mol. The Morgan fingerprint density at radius 2 is 1.09 bits per heavy atom. The fourth-order valence-electron chi connectivity index (χ4n) is 12.2. The Hall–Kier alpha value is -8.40. The van der Waals surface area contributed by atoms with Gasteiger partial charge in [-0.2, -0.15) is 0 Å². The van der Waals surface area contributed by atoms with Gasteiger partial charge in [-0.3, -0.25) is 0 Å². The standard InChI is InChI=1S/C67H52N2O/c1-7-55-62(49-26-16-19-29-57(49)66(55,3)4)59(8-2)68(46-35-31-43(32-36-46)42-21-11-9-12-22-42)47-37-33-44(34-38-47)51-39-54-53-40-52-48-25-15-18-28-56(48)67(5,6)58(52)41-60(53)69(45-23-13-10-14-24-45)64(54)63-50-27-17-20-30-61(50)70-65(51)63/h7-41H,2H2,1,3-6H3/b55-7+,62-59+. The lowest BCUT2D eigenvalue weighted by Crippen LogP contribution is -2.19. The van der Waals surface area contributed by atoms with Crippen molar-refractivity contribution in [3.8, 4) is 39.1 Å².